The van der Waals surface area contributed by atoms with Crippen molar-refractivity contribution in [1.82, 2.24) is 0 Å². The van der Waals surface area contributed by atoms with Gasteiger partial charge in [0.15, 0.2) is 0 Å². The number of unbranched alkanes of at least 4 members (excludes halogenated alkanes) is 1. The maximum absolute atomic E-state index is 13.6. The van der Waals surface area contributed by atoms with Crippen LogP contribution < -0.4 is 16.8 Å². The molecule has 0 aliphatic rings. The number of hydrogen-bond acceptors (Lipinski definition) is 4. The van der Waals surface area contributed by atoms with Crippen molar-refractivity contribution >= 4 is 17.3 Å². The first-order valence-corrected chi connectivity index (χ1v) is 6.76. The summed E-state index contributed by atoms with van der Waals surface area (Å²) >= 11 is 0. The summed E-state index contributed by atoms with van der Waals surface area (Å²) in [5.41, 5.74) is 11.1. The van der Waals surface area contributed by atoms with Crippen molar-refractivity contribution in [2.45, 2.75) is 26.2 Å². The SMILES string of the molecule is CCCCOCCCNc1cc(C(N)=O)c(N)cc1F. The van der Waals surface area contributed by atoms with Gasteiger partial charge in [-0.1, -0.05) is 13.3 Å². The Labute approximate surface area is 118 Å². The van der Waals surface area contributed by atoms with Crippen molar-refractivity contribution in [1.29, 1.82) is 0 Å². The minimum Gasteiger partial charge on any atom is -0.398 e. The molecule has 0 unspecified atom stereocenters. The van der Waals surface area contributed by atoms with Gasteiger partial charge in [0, 0.05) is 25.4 Å². The van der Waals surface area contributed by atoms with Crippen LogP contribution in [0.1, 0.15) is 36.5 Å². The zero-order valence-electron chi connectivity index (χ0n) is 11.7. The Hall–Kier alpha value is -1.82. The van der Waals surface area contributed by atoms with Gasteiger partial charge in [-0.2, -0.15) is 0 Å². The molecule has 0 aliphatic heterocycles. The number of amides is 1. The number of nitrogen functional groups attached to an aromatic ring is 1. The number of halogens is 1. The minimum absolute atomic E-state index is 0.0449. The van der Waals surface area contributed by atoms with Gasteiger partial charge in [-0.15, -0.1) is 0 Å². The fourth-order valence-corrected chi connectivity index (χ4v) is 1.68. The summed E-state index contributed by atoms with van der Waals surface area (Å²) in [5.74, 6) is -1.17. The summed E-state index contributed by atoms with van der Waals surface area (Å²) in [5, 5.41) is 2.91. The van der Waals surface area contributed by atoms with E-state index in [0.29, 0.717) is 13.2 Å². The van der Waals surface area contributed by atoms with E-state index in [-0.39, 0.29) is 16.9 Å². The van der Waals surface area contributed by atoms with Crippen LogP contribution in [0, 0.1) is 5.82 Å². The largest absolute Gasteiger partial charge is 0.398 e. The molecule has 1 aromatic rings. The standard InChI is InChI=1S/C14H22FN3O2/c1-2-3-6-20-7-4-5-18-13-8-10(14(17)19)12(16)9-11(13)15/h8-9,18H,2-7,16H2,1H3,(H2,17,19). The molecule has 0 aromatic heterocycles. The molecule has 1 rings (SSSR count). The fourth-order valence-electron chi connectivity index (χ4n) is 1.68. The predicted octanol–water partition coefficient (Wildman–Crippen LogP) is 2.13. The van der Waals surface area contributed by atoms with Crippen LogP contribution in [0.2, 0.25) is 0 Å². The molecule has 0 spiro atoms. The molecule has 20 heavy (non-hydrogen) atoms. The Morgan fingerprint density at radius 1 is 1.35 bits per heavy atom. The van der Waals surface area contributed by atoms with Crippen LogP contribution in [0.25, 0.3) is 0 Å². The molecule has 0 saturated heterocycles. The highest BCUT2D eigenvalue weighted by Gasteiger charge is 2.11. The lowest BCUT2D eigenvalue weighted by Gasteiger charge is -2.10. The third-order valence-electron chi connectivity index (χ3n) is 2.83. The van der Waals surface area contributed by atoms with Gasteiger partial charge in [-0.3, -0.25) is 4.79 Å². The quantitative estimate of drug-likeness (QED) is 0.478. The molecule has 0 bridgehead atoms. The van der Waals surface area contributed by atoms with Crippen LogP contribution in [0.3, 0.4) is 0 Å². The van der Waals surface area contributed by atoms with Crippen LogP contribution in [-0.4, -0.2) is 25.7 Å². The molecule has 0 radical (unpaired) electrons. The number of benzene rings is 1. The van der Waals surface area contributed by atoms with E-state index in [0.717, 1.165) is 31.9 Å². The monoisotopic (exact) mass is 283 g/mol. The van der Waals surface area contributed by atoms with Gasteiger partial charge in [-0.25, -0.2) is 4.39 Å². The lowest BCUT2D eigenvalue weighted by atomic mass is 10.1. The van der Waals surface area contributed by atoms with E-state index in [1.165, 1.54) is 6.07 Å². The normalized spacial score (nSPS) is 10.5. The topological polar surface area (TPSA) is 90.4 Å². The van der Waals surface area contributed by atoms with Gasteiger partial charge in [0.25, 0.3) is 5.91 Å². The maximum Gasteiger partial charge on any atom is 0.250 e. The number of rotatable bonds is 9. The van der Waals surface area contributed by atoms with Crippen molar-refractivity contribution < 1.29 is 13.9 Å². The molecule has 5 nitrogen and oxygen atoms in total. The summed E-state index contributed by atoms with van der Waals surface area (Å²) in [7, 11) is 0. The van der Waals surface area contributed by atoms with Gasteiger partial charge in [0.2, 0.25) is 0 Å². The third kappa shape index (κ3) is 5.05. The smallest absolute Gasteiger partial charge is 0.250 e. The van der Waals surface area contributed by atoms with Crippen LogP contribution in [0.4, 0.5) is 15.8 Å². The Morgan fingerprint density at radius 3 is 2.70 bits per heavy atom. The lowest BCUT2D eigenvalue weighted by molar-refractivity contribution is 0.100. The number of primary amides is 1. The van der Waals surface area contributed by atoms with Crippen LogP contribution in [-0.2, 0) is 4.74 Å². The van der Waals surface area contributed by atoms with E-state index in [2.05, 4.69) is 12.2 Å². The molecule has 5 N–H and O–H groups in total. The van der Waals surface area contributed by atoms with Gasteiger partial charge in [0.05, 0.1) is 11.3 Å². The van der Waals surface area contributed by atoms with Crippen molar-refractivity contribution in [3.05, 3.63) is 23.5 Å². The van der Waals surface area contributed by atoms with Gasteiger partial charge in [-0.05, 0) is 25.0 Å². The van der Waals surface area contributed by atoms with E-state index < -0.39 is 11.7 Å². The molecule has 0 heterocycles. The molecule has 0 saturated carbocycles. The zero-order valence-corrected chi connectivity index (χ0v) is 11.7. The number of nitrogens with two attached hydrogens (primary N) is 2. The molecule has 0 fully saturated rings. The summed E-state index contributed by atoms with van der Waals surface area (Å²) < 4.78 is 19.0. The number of nitrogens with one attached hydrogen (secondary N) is 1. The van der Waals surface area contributed by atoms with Crippen molar-refractivity contribution in [2.75, 3.05) is 30.8 Å². The molecule has 1 aromatic carbocycles. The van der Waals surface area contributed by atoms with Crippen molar-refractivity contribution in [3.8, 4) is 0 Å². The molecular formula is C14H22FN3O2. The highest BCUT2D eigenvalue weighted by Crippen LogP contribution is 2.21. The average Bonchev–Trinajstić information content (AvgIpc) is 2.39. The molecule has 112 valence electrons. The second kappa shape index (κ2) is 8.37. The Balaban J connectivity index is 2.44. The minimum atomic E-state index is -0.673. The van der Waals surface area contributed by atoms with Gasteiger partial charge >= 0.3 is 0 Å². The lowest BCUT2D eigenvalue weighted by Crippen LogP contribution is -2.15. The molecule has 0 aliphatic carbocycles. The summed E-state index contributed by atoms with van der Waals surface area (Å²) in [6, 6.07) is 2.44. The van der Waals surface area contributed by atoms with E-state index in [1.807, 2.05) is 0 Å². The second-order valence-electron chi connectivity index (χ2n) is 4.53. The number of hydrogen-bond donors (Lipinski definition) is 3. The summed E-state index contributed by atoms with van der Waals surface area (Å²) in [6.07, 6.45) is 2.90. The first-order valence-electron chi connectivity index (χ1n) is 6.76. The van der Waals surface area contributed by atoms with Crippen LogP contribution >= 0.6 is 0 Å². The highest BCUT2D eigenvalue weighted by atomic mass is 19.1. The number of ether oxygens (including phenoxy) is 1. The van der Waals surface area contributed by atoms with E-state index in [9.17, 15) is 9.18 Å². The first kappa shape index (κ1) is 16.2. The van der Waals surface area contributed by atoms with Crippen molar-refractivity contribution in [2.24, 2.45) is 5.73 Å². The Kier molecular flexibility index (Phi) is 6.79. The van der Waals surface area contributed by atoms with Crippen LogP contribution in [0.5, 0.6) is 0 Å². The predicted molar refractivity (Wildman–Crippen MR) is 78.2 cm³/mol. The van der Waals surface area contributed by atoms with E-state index >= 15 is 0 Å². The molecular weight excluding hydrogens is 261 g/mol. The second-order valence-corrected chi connectivity index (χ2v) is 4.53. The maximum atomic E-state index is 13.6. The zero-order chi connectivity index (χ0) is 15.0. The molecule has 6 heteroatoms. The molecule has 0 atom stereocenters. The summed E-state index contributed by atoms with van der Waals surface area (Å²) in [4.78, 5) is 11.1. The van der Waals surface area contributed by atoms with Gasteiger partial charge in [0.1, 0.15) is 5.82 Å². The Morgan fingerprint density at radius 2 is 2.05 bits per heavy atom. The van der Waals surface area contributed by atoms with E-state index in [4.69, 9.17) is 16.2 Å². The highest BCUT2D eigenvalue weighted by molar-refractivity contribution is 5.99. The number of carbonyl (C=O) groups excluding carboxylic acids is 1. The average molecular weight is 283 g/mol. The van der Waals surface area contributed by atoms with Gasteiger partial charge < -0.3 is 21.5 Å². The summed E-state index contributed by atoms with van der Waals surface area (Å²) in [6.45, 7) is 4.01. The van der Waals surface area contributed by atoms with Crippen molar-refractivity contribution in [3.63, 3.8) is 0 Å². The third-order valence-corrected chi connectivity index (χ3v) is 2.83. The first-order chi connectivity index (χ1) is 9.56. The van der Waals surface area contributed by atoms with Crippen LogP contribution in [0.15, 0.2) is 12.1 Å². The number of anilines is 2. The molecule has 1 amide bonds. The number of carbonyl (C=O) groups is 1. The Bertz CT molecular complexity index is 452. The fraction of sp³-hybridized carbons (Fsp3) is 0.500. The van der Waals surface area contributed by atoms with E-state index in [1.54, 1.807) is 0 Å².